The Morgan fingerprint density at radius 2 is 1.00 bits per heavy atom. The first-order valence-corrected chi connectivity index (χ1v) is 14.6. The summed E-state index contributed by atoms with van der Waals surface area (Å²) in [6.45, 7) is 2.65. The average Bonchev–Trinajstić information content (AvgIpc) is 2.96. The van der Waals surface area contributed by atoms with E-state index in [2.05, 4.69) is 0 Å². The third-order valence-electron chi connectivity index (χ3n) is 5.77. The Balaban J connectivity index is 2.58. The third kappa shape index (κ3) is 7.04. The van der Waals surface area contributed by atoms with Gasteiger partial charge >= 0.3 is 17.9 Å². The average molecular weight is 545 g/mol. The molecular weight excluding hydrogens is 511 g/mol. The number of carbonyl (C=O) groups is 3. The molecule has 3 rings (SSSR count). The van der Waals surface area contributed by atoms with E-state index in [-0.39, 0.29) is 25.4 Å². The number of hydrogen-bond acceptors (Lipinski definition) is 6. The molecule has 39 heavy (non-hydrogen) atoms. The summed E-state index contributed by atoms with van der Waals surface area (Å²) >= 11 is 0. The van der Waals surface area contributed by atoms with E-state index in [0.717, 1.165) is 22.0 Å². The fourth-order valence-electron chi connectivity index (χ4n) is 4.20. The molecule has 6 nitrogen and oxygen atoms in total. The molecule has 0 aliphatic rings. The zero-order chi connectivity index (χ0) is 28.1. The van der Waals surface area contributed by atoms with E-state index >= 15 is 0 Å². The summed E-state index contributed by atoms with van der Waals surface area (Å²) in [6.07, 6.45) is 3.99. The van der Waals surface area contributed by atoms with Gasteiger partial charge in [0.05, 0.1) is 30.7 Å². The van der Waals surface area contributed by atoms with Crippen LogP contribution < -0.4 is 15.9 Å². The first kappa shape index (κ1) is 29.4. The van der Waals surface area contributed by atoms with Crippen LogP contribution in [0.2, 0.25) is 0 Å². The van der Waals surface area contributed by atoms with Crippen molar-refractivity contribution in [1.82, 2.24) is 0 Å². The molecule has 0 saturated carbocycles. The highest BCUT2D eigenvalue weighted by Gasteiger charge is 2.33. The minimum absolute atomic E-state index is 0.0279. The monoisotopic (exact) mass is 544 g/mol. The molecule has 202 valence electrons. The predicted octanol–water partition coefficient (Wildman–Crippen LogP) is 4.32. The van der Waals surface area contributed by atoms with Crippen molar-refractivity contribution >= 4 is 46.0 Å². The van der Waals surface area contributed by atoms with Crippen LogP contribution in [0.25, 0.3) is 0 Å². The molecule has 0 atom stereocenters. The molecular formula is C32H33O6P. The normalized spacial score (nSPS) is 11.6. The van der Waals surface area contributed by atoms with Crippen LogP contribution in [0.4, 0.5) is 0 Å². The largest absolute Gasteiger partial charge is 0.463 e. The summed E-state index contributed by atoms with van der Waals surface area (Å²) in [5.74, 6) is -1.85. The molecule has 0 unspecified atom stereocenters. The van der Waals surface area contributed by atoms with E-state index in [4.69, 9.17) is 14.2 Å². The van der Waals surface area contributed by atoms with Crippen LogP contribution in [0, 0.1) is 0 Å². The summed E-state index contributed by atoms with van der Waals surface area (Å²) < 4.78 is 15.9. The Kier molecular flexibility index (Phi) is 11.1. The third-order valence-corrected chi connectivity index (χ3v) is 10.0. The zero-order valence-electron chi connectivity index (χ0n) is 22.4. The van der Waals surface area contributed by atoms with Crippen molar-refractivity contribution in [3.63, 3.8) is 0 Å². The number of carbonyl (C=O) groups excluding carboxylic acids is 3. The lowest BCUT2D eigenvalue weighted by molar-refractivity contribution is -0.138. The molecule has 0 fully saturated rings. The van der Waals surface area contributed by atoms with Gasteiger partial charge in [-0.1, -0.05) is 91.0 Å². The van der Waals surface area contributed by atoms with Crippen LogP contribution in [-0.4, -0.2) is 43.0 Å². The first-order chi connectivity index (χ1) is 19.0. The Hall–Kier alpha value is -4.15. The summed E-state index contributed by atoms with van der Waals surface area (Å²) in [6, 6.07) is 29.2. The molecule has 0 heterocycles. The molecule has 0 N–H and O–H groups in total. The first-order valence-electron chi connectivity index (χ1n) is 12.8. The molecule has 0 saturated heterocycles. The van der Waals surface area contributed by atoms with E-state index < -0.39 is 24.8 Å². The van der Waals surface area contributed by atoms with Gasteiger partial charge in [0.15, 0.2) is 0 Å². The maximum atomic E-state index is 13.9. The van der Waals surface area contributed by atoms with Gasteiger partial charge in [-0.2, -0.15) is 0 Å². The molecule has 0 aromatic heterocycles. The number of benzene rings is 3. The highest BCUT2D eigenvalue weighted by atomic mass is 31.2. The molecule has 0 spiro atoms. The second-order valence-electron chi connectivity index (χ2n) is 8.19. The molecule has 0 amide bonds. The Bertz CT molecular complexity index is 1270. The fraction of sp³-hybridized carbons (Fsp3) is 0.188. The standard InChI is InChI=1S/C32H33O6P/c1-4-36-30(33)23-22-25(31(34)37-5-2)24-29(32(35)38-6-3)39(26-16-10-7-11-17-26,27-18-12-8-13-19-27)28-20-14-9-15-21-28/h7-24H,4-6H2,1-3H3/b23-22+,25-24+. The maximum Gasteiger partial charge on any atom is 0.339 e. The van der Waals surface area contributed by atoms with Crippen molar-refractivity contribution in [2.45, 2.75) is 20.8 Å². The van der Waals surface area contributed by atoms with Crippen LogP contribution in [0.3, 0.4) is 0 Å². The lowest BCUT2D eigenvalue weighted by Gasteiger charge is -2.31. The van der Waals surface area contributed by atoms with E-state index in [1.54, 1.807) is 20.8 Å². The van der Waals surface area contributed by atoms with Gasteiger partial charge in [0.25, 0.3) is 0 Å². The number of ether oxygens (including phenoxy) is 3. The predicted molar refractivity (Wildman–Crippen MR) is 157 cm³/mol. The number of esters is 3. The van der Waals surface area contributed by atoms with Crippen molar-refractivity contribution in [3.8, 4) is 0 Å². The minimum atomic E-state index is -2.91. The smallest absolute Gasteiger partial charge is 0.339 e. The van der Waals surface area contributed by atoms with Gasteiger partial charge in [-0.15, -0.1) is 0 Å². The van der Waals surface area contributed by atoms with Crippen molar-refractivity contribution in [1.29, 1.82) is 0 Å². The molecule has 0 radical (unpaired) electrons. The quantitative estimate of drug-likeness (QED) is 0.118. The second kappa shape index (κ2) is 14.7. The van der Waals surface area contributed by atoms with Gasteiger partial charge in [0.1, 0.15) is 0 Å². The van der Waals surface area contributed by atoms with E-state index in [1.807, 2.05) is 91.0 Å². The Labute approximate surface area is 229 Å². The number of hydrogen-bond donors (Lipinski definition) is 0. The maximum absolute atomic E-state index is 13.9. The van der Waals surface area contributed by atoms with E-state index in [1.165, 1.54) is 12.2 Å². The minimum Gasteiger partial charge on any atom is -0.463 e. The Morgan fingerprint density at radius 3 is 1.41 bits per heavy atom. The fourth-order valence-corrected chi connectivity index (χ4v) is 8.46. The molecule has 0 aliphatic carbocycles. The van der Waals surface area contributed by atoms with E-state index in [9.17, 15) is 14.4 Å². The summed E-state index contributed by atoms with van der Waals surface area (Å²) in [5, 5.41) is 3.00. The van der Waals surface area contributed by atoms with Crippen LogP contribution >= 0.6 is 6.89 Å². The highest BCUT2D eigenvalue weighted by Crippen LogP contribution is 2.47. The van der Waals surface area contributed by atoms with E-state index in [0.29, 0.717) is 5.29 Å². The lowest BCUT2D eigenvalue weighted by Crippen LogP contribution is -2.34. The Morgan fingerprint density at radius 1 is 0.590 bits per heavy atom. The summed E-state index contributed by atoms with van der Waals surface area (Å²) in [7, 11) is 0. The van der Waals surface area contributed by atoms with Gasteiger partial charge in [-0.3, -0.25) is 0 Å². The summed E-state index contributed by atoms with van der Waals surface area (Å²) in [4.78, 5) is 39.2. The second-order valence-corrected chi connectivity index (χ2v) is 11.6. The zero-order valence-corrected chi connectivity index (χ0v) is 23.3. The number of rotatable bonds is 11. The van der Waals surface area contributed by atoms with Gasteiger partial charge < -0.3 is 14.2 Å². The van der Waals surface area contributed by atoms with Gasteiger partial charge in [-0.05, 0) is 55.7 Å². The molecule has 7 heteroatoms. The van der Waals surface area contributed by atoms with Gasteiger partial charge in [0, 0.05) is 6.08 Å². The lowest BCUT2D eigenvalue weighted by atomic mass is 10.2. The van der Waals surface area contributed by atoms with Gasteiger partial charge in [0.2, 0.25) is 0 Å². The molecule has 3 aromatic rings. The SMILES string of the molecule is CCOC(=O)/C=C/C(=C\C(C(=O)OCC)=P(c1ccccc1)(c1ccccc1)c1ccccc1)C(=O)OCC. The topological polar surface area (TPSA) is 78.9 Å². The van der Waals surface area contributed by atoms with Crippen molar-refractivity contribution in [2.75, 3.05) is 19.8 Å². The van der Waals surface area contributed by atoms with Crippen LogP contribution in [-0.2, 0) is 28.6 Å². The highest BCUT2D eigenvalue weighted by molar-refractivity contribution is 7.96. The summed E-state index contributed by atoms with van der Waals surface area (Å²) in [5.41, 5.74) is 0.0279. The van der Waals surface area contributed by atoms with Crippen molar-refractivity contribution in [2.24, 2.45) is 0 Å². The van der Waals surface area contributed by atoms with Crippen LogP contribution in [0.1, 0.15) is 20.8 Å². The molecule has 3 aromatic carbocycles. The van der Waals surface area contributed by atoms with Crippen molar-refractivity contribution < 1.29 is 28.6 Å². The van der Waals surface area contributed by atoms with Crippen LogP contribution in [0.5, 0.6) is 0 Å². The molecule has 0 aliphatic heterocycles. The molecule has 0 bridgehead atoms. The van der Waals surface area contributed by atoms with Gasteiger partial charge in [-0.25, -0.2) is 14.4 Å². The van der Waals surface area contributed by atoms with Crippen molar-refractivity contribution in [3.05, 3.63) is 115 Å². The van der Waals surface area contributed by atoms with Crippen LogP contribution in [0.15, 0.2) is 115 Å².